The number of carbonyl (C=O) groups is 3. The number of likely N-dealkylation sites (N-methyl/N-ethyl adjacent to an activating group) is 1. The van der Waals surface area contributed by atoms with Crippen molar-refractivity contribution in [3.63, 3.8) is 0 Å². The highest BCUT2D eigenvalue weighted by Gasteiger charge is 2.35. The number of piperidine rings is 1. The lowest BCUT2D eigenvalue weighted by atomic mass is 10.1. The maximum atomic E-state index is 11.8. The highest BCUT2D eigenvalue weighted by Crippen LogP contribution is 2.07. The lowest BCUT2D eigenvalue weighted by Crippen LogP contribution is -2.49. The lowest BCUT2D eigenvalue weighted by molar-refractivity contribution is -0.131. The molecule has 2 N–H and O–H groups in total. The van der Waals surface area contributed by atoms with Crippen molar-refractivity contribution in [3.05, 3.63) is 0 Å². The van der Waals surface area contributed by atoms with Crippen LogP contribution in [0.2, 0.25) is 0 Å². The summed E-state index contributed by atoms with van der Waals surface area (Å²) in [7, 11) is 1.54. The van der Waals surface area contributed by atoms with E-state index in [1.165, 1.54) is 4.90 Å². The van der Waals surface area contributed by atoms with Gasteiger partial charge >= 0.3 is 6.03 Å². The Morgan fingerprint density at radius 2 is 2.28 bits per heavy atom. The van der Waals surface area contributed by atoms with E-state index in [0.717, 1.165) is 30.8 Å². The summed E-state index contributed by atoms with van der Waals surface area (Å²) in [5.41, 5.74) is 0. The molecule has 0 bridgehead atoms. The first kappa shape index (κ1) is 12.8. The van der Waals surface area contributed by atoms with Crippen LogP contribution in [0, 0.1) is 0 Å². The van der Waals surface area contributed by atoms with Crippen LogP contribution in [-0.4, -0.2) is 66.9 Å². The number of nitrogens with one attached hydrogen (secondary N) is 2. The summed E-state index contributed by atoms with van der Waals surface area (Å²) in [4.78, 5) is 37.1. The van der Waals surface area contributed by atoms with Gasteiger partial charge in [0, 0.05) is 19.6 Å². The van der Waals surface area contributed by atoms with Gasteiger partial charge in [-0.05, 0) is 19.4 Å². The van der Waals surface area contributed by atoms with E-state index in [4.69, 9.17) is 0 Å². The number of amides is 4. The molecular formula is C11H18N4O3. The number of imide groups is 1. The molecule has 2 aliphatic heterocycles. The van der Waals surface area contributed by atoms with E-state index in [-0.39, 0.29) is 30.9 Å². The van der Waals surface area contributed by atoms with Crippen LogP contribution in [0.25, 0.3) is 0 Å². The van der Waals surface area contributed by atoms with Crippen molar-refractivity contribution < 1.29 is 14.4 Å². The lowest BCUT2D eigenvalue weighted by Gasteiger charge is -2.24. The Hall–Kier alpha value is -1.63. The fourth-order valence-corrected chi connectivity index (χ4v) is 2.22. The molecule has 0 saturated carbocycles. The van der Waals surface area contributed by atoms with Crippen LogP contribution in [0.1, 0.15) is 12.8 Å². The molecule has 4 amide bonds. The van der Waals surface area contributed by atoms with Gasteiger partial charge in [-0.25, -0.2) is 4.79 Å². The van der Waals surface area contributed by atoms with E-state index in [1.54, 1.807) is 7.05 Å². The molecule has 7 heteroatoms. The molecule has 18 heavy (non-hydrogen) atoms. The topological polar surface area (TPSA) is 81.8 Å². The van der Waals surface area contributed by atoms with Gasteiger partial charge in [-0.15, -0.1) is 0 Å². The molecule has 100 valence electrons. The maximum Gasteiger partial charge on any atom is 0.327 e. The highest BCUT2D eigenvalue weighted by atomic mass is 16.2. The second-order valence-corrected chi connectivity index (χ2v) is 4.73. The van der Waals surface area contributed by atoms with E-state index in [1.807, 2.05) is 0 Å². The molecule has 0 aliphatic carbocycles. The molecule has 2 aliphatic rings. The van der Waals surface area contributed by atoms with Crippen molar-refractivity contribution in [1.29, 1.82) is 0 Å². The molecule has 0 aromatic heterocycles. The Balaban J connectivity index is 1.83. The Morgan fingerprint density at radius 1 is 1.50 bits per heavy atom. The molecular weight excluding hydrogens is 236 g/mol. The van der Waals surface area contributed by atoms with Crippen LogP contribution in [0.5, 0.6) is 0 Å². The third-order valence-electron chi connectivity index (χ3n) is 3.19. The summed E-state index contributed by atoms with van der Waals surface area (Å²) in [5, 5.41) is 6.02. The fraction of sp³-hybridized carbons (Fsp3) is 0.727. The van der Waals surface area contributed by atoms with Gasteiger partial charge in [0.05, 0.1) is 0 Å². The molecule has 7 nitrogen and oxygen atoms in total. The van der Waals surface area contributed by atoms with Crippen molar-refractivity contribution in [3.8, 4) is 0 Å². The number of carbonyl (C=O) groups excluding carboxylic acids is 3. The molecule has 0 aromatic rings. The Morgan fingerprint density at radius 3 is 2.83 bits per heavy atom. The van der Waals surface area contributed by atoms with Crippen LogP contribution in [-0.2, 0) is 9.59 Å². The van der Waals surface area contributed by atoms with Gasteiger partial charge in [0.25, 0.3) is 5.91 Å². The zero-order valence-corrected chi connectivity index (χ0v) is 10.4. The summed E-state index contributed by atoms with van der Waals surface area (Å²) in [6, 6.07) is -0.311. The fourth-order valence-electron chi connectivity index (χ4n) is 2.22. The maximum absolute atomic E-state index is 11.8. The standard InChI is InChI=1S/C11H18N4O3/c1-14-7-10(17)15(11(14)18)6-9(16)13-8-3-2-4-12-5-8/h8,12H,2-7H2,1H3,(H,13,16)/t8-/m0/s1. The SMILES string of the molecule is CN1CC(=O)N(CC(=O)N[C@H]2CCCNC2)C1=O. The molecule has 2 saturated heterocycles. The third-order valence-corrected chi connectivity index (χ3v) is 3.19. The number of hydrogen-bond acceptors (Lipinski definition) is 4. The Labute approximate surface area is 105 Å². The van der Waals surface area contributed by atoms with Crippen LogP contribution in [0.4, 0.5) is 4.79 Å². The van der Waals surface area contributed by atoms with Crippen molar-refractivity contribution in [2.45, 2.75) is 18.9 Å². The Kier molecular flexibility index (Phi) is 3.81. The van der Waals surface area contributed by atoms with Gasteiger partial charge in [0.1, 0.15) is 13.1 Å². The smallest absolute Gasteiger partial charge is 0.327 e. The van der Waals surface area contributed by atoms with Gasteiger partial charge in [-0.2, -0.15) is 0 Å². The largest absolute Gasteiger partial charge is 0.351 e. The summed E-state index contributed by atoms with van der Waals surface area (Å²) < 4.78 is 0. The van der Waals surface area contributed by atoms with E-state index in [0.29, 0.717) is 0 Å². The van der Waals surface area contributed by atoms with E-state index >= 15 is 0 Å². The van der Waals surface area contributed by atoms with Crippen LogP contribution >= 0.6 is 0 Å². The molecule has 0 radical (unpaired) electrons. The first-order chi connectivity index (χ1) is 8.58. The van der Waals surface area contributed by atoms with Crippen molar-refractivity contribution in [2.75, 3.05) is 33.2 Å². The zero-order valence-electron chi connectivity index (χ0n) is 10.4. The minimum Gasteiger partial charge on any atom is -0.351 e. The minimum atomic E-state index is -0.406. The highest BCUT2D eigenvalue weighted by molar-refractivity contribution is 6.04. The summed E-state index contributed by atoms with van der Waals surface area (Å²) in [6.45, 7) is 1.59. The van der Waals surface area contributed by atoms with E-state index in [2.05, 4.69) is 10.6 Å². The van der Waals surface area contributed by atoms with Crippen LogP contribution < -0.4 is 10.6 Å². The number of rotatable bonds is 3. The number of nitrogens with zero attached hydrogens (tertiary/aromatic N) is 2. The number of urea groups is 1. The van der Waals surface area contributed by atoms with Crippen molar-refractivity contribution in [1.82, 2.24) is 20.4 Å². The zero-order chi connectivity index (χ0) is 13.1. The second kappa shape index (κ2) is 5.34. The average Bonchev–Trinajstić information content (AvgIpc) is 2.57. The van der Waals surface area contributed by atoms with Crippen molar-refractivity contribution >= 4 is 17.8 Å². The monoisotopic (exact) mass is 254 g/mol. The van der Waals surface area contributed by atoms with Gasteiger partial charge < -0.3 is 15.5 Å². The van der Waals surface area contributed by atoms with Gasteiger partial charge in [0.2, 0.25) is 5.91 Å². The number of hydrogen-bond donors (Lipinski definition) is 2. The van der Waals surface area contributed by atoms with Gasteiger partial charge in [0.15, 0.2) is 0 Å². The van der Waals surface area contributed by atoms with Crippen LogP contribution in [0.3, 0.4) is 0 Å². The van der Waals surface area contributed by atoms with E-state index in [9.17, 15) is 14.4 Å². The van der Waals surface area contributed by atoms with Crippen LogP contribution in [0.15, 0.2) is 0 Å². The molecule has 0 spiro atoms. The summed E-state index contributed by atoms with van der Waals surface area (Å²) in [5.74, 6) is -0.597. The average molecular weight is 254 g/mol. The Bertz CT molecular complexity index is 365. The minimum absolute atomic E-state index is 0.0527. The second-order valence-electron chi connectivity index (χ2n) is 4.73. The molecule has 1 atom stereocenters. The van der Waals surface area contributed by atoms with Gasteiger partial charge in [-0.3, -0.25) is 14.5 Å². The quantitative estimate of drug-likeness (QED) is 0.617. The summed E-state index contributed by atoms with van der Waals surface area (Å²) >= 11 is 0. The predicted octanol–water partition coefficient (Wildman–Crippen LogP) is -1.25. The first-order valence-electron chi connectivity index (χ1n) is 6.13. The predicted molar refractivity (Wildman–Crippen MR) is 63.8 cm³/mol. The molecule has 2 rings (SSSR count). The molecule has 0 aromatic carbocycles. The molecule has 2 heterocycles. The third kappa shape index (κ3) is 2.79. The normalized spacial score (nSPS) is 24.6. The molecule has 0 unspecified atom stereocenters. The van der Waals surface area contributed by atoms with Gasteiger partial charge in [-0.1, -0.05) is 0 Å². The first-order valence-corrected chi connectivity index (χ1v) is 6.13. The summed E-state index contributed by atoms with van der Waals surface area (Å²) in [6.07, 6.45) is 1.95. The van der Waals surface area contributed by atoms with Crippen molar-refractivity contribution in [2.24, 2.45) is 0 Å². The molecule has 2 fully saturated rings. The van der Waals surface area contributed by atoms with E-state index < -0.39 is 6.03 Å².